The highest BCUT2D eigenvalue weighted by Gasteiger charge is 2.19. The van der Waals surface area contributed by atoms with E-state index in [-0.39, 0.29) is 5.97 Å². The Kier molecular flexibility index (Phi) is 6.34. The highest BCUT2D eigenvalue weighted by Crippen LogP contribution is 2.34. The first-order chi connectivity index (χ1) is 14.6. The molecule has 4 rings (SSSR count). The van der Waals surface area contributed by atoms with E-state index in [0.29, 0.717) is 11.4 Å². The standard InChI is InChI=1S/C25H25ClN2O2/c1-30-25(29)10-2-5-17-11-13-20(14-12-17)27-24-16-23(18-6-3-7-19(26)15-18)28-22-9-4-8-21(22)24/h3,6-7,11-16H,2,4-5,8-10H2,1H3,(H,27,28). The summed E-state index contributed by atoms with van der Waals surface area (Å²) in [5.74, 6) is -0.157. The molecule has 30 heavy (non-hydrogen) atoms. The minimum Gasteiger partial charge on any atom is -0.469 e. The number of nitrogens with zero attached hydrogens (tertiary/aromatic N) is 1. The number of hydrogen-bond acceptors (Lipinski definition) is 4. The number of pyridine rings is 1. The van der Waals surface area contributed by atoms with Crippen LogP contribution in [0.2, 0.25) is 5.02 Å². The van der Waals surface area contributed by atoms with Crippen molar-refractivity contribution in [3.63, 3.8) is 0 Å². The van der Waals surface area contributed by atoms with Gasteiger partial charge in [0.1, 0.15) is 0 Å². The van der Waals surface area contributed by atoms with Crippen molar-refractivity contribution in [2.45, 2.75) is 38.5 Å². The van der Waals surface area contributed by atoms with Crippen LogP contribution < -0.4 is 5.32 Å². The van der Waals surface area contributed by atoms with Gasteiger partial charge in [-0.1, -0.05) is 35.9 Å². The van der Waals surface area contributed by atoms with Crippen LogP contribution in [0.1, 0.15) is 36.1 Å². The van der Waals surface area contributed by atoms with Gasteiger partial charge >= 0.3 is 5.97 Å². The number of ether oxygens (including phenoxy) is 1. The molecule has 1 aromatic heterocycles. The fourth-order valence-corrected chi connectivity index (χ4v) is 4.09. The highest BCUT2D eigenvalue weighted by atomic mass is 35.5. The van der Waals surface area contributed by atoms with Gasteiger partial charge in [0.15, 0.2) is 0 Å². The van der Waals surface area contributed by atoms with Crippen LogP contribution in [0.15, 0.2) is 54.6 Å². The lowest BCUT2D eigenvalue weighted by atomic mass is 10.1. The third kappa shape index (κ3) is 4.82. The van der Waals surface area contributed by atoms with Crippen LogP contribution in [-0.2, 0) is 28.8 Å². The largest absolute Gasteiger partial charge is 0.469 e. The topological polar surface area (TPSA) is 51.2 Å². The first kappa shape index (κ1) is 20.4. The zero-order valence-electron chi connectivity index (χ0n) is 17.1. The SMILES string of the molecule is COC(=O)CCCc1ccc(Nc2cc(-c3cccc(Cl)c3)nc3c2CCC3)cc1. The number of fused-ring (bicyclic) bond motifs is 1. The van der Waals surface area contributed by atoms with Crippen molar-refractivity contribution in [1.29, 1.82) is 0 Å². The van der Waals surface area contributed by atoms with E-state index < -0.39 is 0 Å². The molecule has 0 bridgehead atoms. The summed E-state index contributed by atoms with van der Waals surface area (Å²) in [6.45, 7) is 0. The number of carbonyl (C=O) groups excluding carboxylic acids is 1. The number of benzene rings is 2. The Labute approximate surface area is 182 Å². The summed E-state index contributed by atoms with van der Waals surface area (Å²) in [5.41, 5.74) is 7.83. The Morgan fingerprint density at radius 3 is 2.73 bits per heavy atom. The molecule has 0 saturated heterocycles. The number of aryl methyl sites for hydroxylation is 2. The second-order valence-electron chi connectivity index (χ2n) is 7.60. The van der Waals surface area contributed by atoms with Gasteiger partial charge in [-0.25, -0.2) is 0 Å². The van der Waals surface area contributed by atoms with E-state index >= 15 is 0 Å². The molecule has 2 aromatic carbocycles. The van der Waals surface area contributed by atoms with E-state index in [2.05, 4.69) is 35.6 Å². The summed E-state index contributed by atoms with van der Waals surface area (Å²) in [5, 5.41) is 4.31. The molecular weight excluding hydrogens is 396 g/mol. The van der Waals surface area contributed by atoms with Gasteiger partial charge in [-0.3, -0.25) is 9.78 Å². The summed E-state index contributed by atoms with van der Waals surface area (Å²) >= 11 is 6.19. The van der Waals surface area contributed by atoms with Gasteiger partial charge in [-0.15, -0.1) is 0 Å². The van der Waals surface area contributed by atoms with Crippen LogP contribution in [0.25, 0.3) is 11.3 Å². The fraction of sp³-hybridized carbons (Fsp3) is 0.280. The van der Waals surface area contributed by atoms with Crippen molar-refractivity contribution in [1.82, 2.24) is 4.98 Å². The average Bonchev–Trinajstić information content (AvgIpc) is 3.24. The van der Waals surface area contributed by atoms with Gasteiger partial charge in [-0.2, -0.15) is 0 Å². The van der Waals surface area contributed by atoms with Gasteiger partial charge in [0.05, 0.1) is 12.8 Å². The number of hydrogen-bond donors (Lipinski definition) is 1. The van der Waals surface area contributed by atoms with Gasteiger partial charge in [0.2, 0.25) is 0 Å². The van der Waals surface area contributed by atoms with Crippen LogP contribution in [0.5, 0.6) is 0 Å². The number of aromatic nitrogens is 1. The third-order valence-corrected chi connectivity index (χ3v) is 5.71. The van der Waals surface area contributed by atoms with Crippen LogP contribution in [0.4, 0.5) is 11.4 Å². The molecule has 1 aliphatic rings. The van der Waals surface area contributed by atoms with Crippen molar-refractivity contribution in [3.8, 4) is 11.3 Å². The predicted octanol–water partition coefficient (Wildman–Crippen LogP) is 6.13. The van der Waals surface area contributed by atoms with Crippen molar-refractivity contribution in [2.75, 3.05) is 12.4 Å². The molecule has 0 radical (unpaired) electrons. The number of halogens is 1. The smallest absolute Gasteiger partial charge is 0.305 e. The maximum absolute atomic E-state index is 11.3. The highest BCUT2D eigenvalue weighted by molar-refractivity contribution is 6.30. The van der Waals surface area contributed by atoms with Crippen LogP contribution in [0.3, 0.4) is 0 Å². The van der Waals surface area contributed by atoms with Gasteiger partial charge in [-0.05, 0) is 73.6 Å². The molecule has 5 heteroatoms. The Morgan fingerprint density at radius 1 is 1.13 bits per heavy atom. The van der Waals surface area contributed by atoms with Crippen molar-refractivity contribution in [3.05, 3.63) is 76.4 Å². The minimum atomic E-state index is -0.157. The van der Waals surface area contributed by atoms with Crippen LogP contribution >= 0.6 is 11.6 Å². The number of nitrogens with one attached hydrogen (secondary N) is 1. The molecule has 0 aliphatic heterocycles. The zero-order chi connectivity index (χ0) is 20.9. The fourth-order valence-electron chi connectivity index (χ4n) is 3.90. The molecule has 1 heterocycles. The van der Waals surface area contributed by atoms with E-state index in [4.69, 9.17) is 21.3 Å². The number of esters is 1. The molecule has 154 valence electrons. The maximum Gasteiger partial charge on any atom is 0.305 e. The second kappa shape index (κ2) is 9.31. The summed E-state index contributed by atoms with van der Waals surface area (Å²) < 4.78 is 4.70. The minimum absolute atomic E-state index is 0.157. The Morgan fingerprint density at radius 2 is 1.97 bits per heavy atom. The van der Waals surface area contributed by atoms with E-state index in [9.17, 15) is 4.79 Å². The van der Waals surface area contributed by atoms with Crippen LogP contribution in [0, 0.1) is 0 Å². The molecular formula is C25H25ClN2O2. The lowest BCUT2D eigenvalue weighted by Gasteiger charge is -2.14. The molecule has 0 atom stereocenters. The van der Waals surface area contributed by atoms with E-state index in [1.165, 1.54) is 23.9 Å². The summed E-state index contributed by atoms with van der Waals surface area (Å²) in [4.78, 5) is 16.2. The van der Waals surface area contributed by atoms with E-state index in [1.54, 1.807) is 0 Å². The molecule has 1 aliphatic carbocycles. The lowest BCUT2D eigenvalue weighted by Crippen LogP contribution is -2.01. The number of anilines is 2. The Bertz CT molecular complexity index is 1050. The monoisotopic (exact) mass is 420 g/mol. The summed E-state index contributed by atoms with van der Waals surface area (Å²) in [6, 6.07) is 18.4. The van der Waals surface area contributed by atoms with Gasteiger partial charge in [0, 0.05) is 34.1 Å². The normalized spacial score (nSPS) is 12.5. The van der Waals surface area contributed by atoms with Crippen molar-refractivity contribution < 1.29 is 9.53 Å². The molecule has 0 amide bonds. The van der Waals surface area contributed by atoms with E-state index in [1.807, 2.05) is 24.3 Å². The number of rotatable bonds is 7. The first-order valence-corrected chi connectivity index (χ1v) is 10.7. The van der Waals surface area contributed by atoms with Gasteiger partial charge in [0.25, 0.3) is 0 Å². The number of carbonyl (C=O) groups is 1. The molecule has 4 nitrogen and oxygen atoms in total. The molecule has 3 aromatic rings. The molecule has 0 fully saturated rings. The Hall–Kier alpha value is -2.85. The van der Waals surface area contributed by atoms with Gasteiger partial charge < -0.3 is 10.1 Å². The molecule has 0 saturated carbocycles. The number of methoxy groups -OCH3 is 1. The van der Waals surface area contributed by atoms with Crippen molar-refractivity contribution in [2.24, 2.45) is 0 Å². The Balaban J connectivity index is 1.52. The first-order valence-electron chi connectivity index (χ1n) is 10.3. The van der Waals surface area contributed by atoms with Crippen LogP contribution in [-0.4, -0.2) is 18.1 Å². The predicted molar refractivity (Wildman–Crippen MR) is 121 cm³/mol. The van der Waals surface area contributed by atoms with Crippen molar-refractivity contribution >= 4 is 28.9 Å². The second-order valence-corrected chi connectivity index (χ2v) is 8.03. The summed E-state index contributed by atoms with van der Waals surface area (Å²) in [6.07, 6.45) is 5.30. The maximum atomic E-state index is 11.3. The molecule has 1 N–H and O–H groups in total. The zero-order valence-corrected chi connectivity index (χ0v) is 17.8. The summed E-state index contributed by atoms with van der Waals surface area (Å²) in [7, 11) is 1.43. The molecule has 0 spiro atoms. The quantitative estimate of drug-likeness (QED) is 0.467. The van der Waals surface area contributed by atoms with E-state index in [0.717, 1.165) is 54.7 Å². The lowest BCUT2D eigenvalue weighted by molar-refractivity contribution is -0.140. The molecule has 0 unspecified atom stereocenters. The average molecular weight is 421 g/mol. The third-order valence-electron chi connectivity index (χ3n) is 5.48.